The average molecular weight is 614 g/mol. The van der Waals surface area contributed by atoms with Gasteiger partial charge in [0, 0.05) is 12.1 Å². The van der Waals surface area contributed by atoms with Crippen molar-refractivity contribution in [1.29, 1.82) is 0 Å². The van der Waals surface area contributed by atoms with E-state index < -0.39 is 25.3 Å². The van der Waals surface area contributed by atoms with E-state index in [-0.39, 0.29) is 66.7 Å². The van der Waals surface area contributed by atoms with Crippen molar-refractivity contribution in [2.75, 3.05) is 32.4 Å². The molecule has 13 nitrogen and oxygen atoms in total. The topological polar surface area (TPSA) is 162 Å². The highest BCUT2D eigenvalue weighted by atomic mass is 31.2. The first-order valence-corrected chi connectivity index (χ1v) is 14.7. The Balaban J connectivity index is 1.30. The number of rotatable bonds is 13. The number of nitrogens with zero attached hydrogens (tertiary/aromatic N) is 3. The van der Waals surface area contributed by atoms with Crippen molar-refractivity contribution in [2.24, 2.45) is 0 Å². The van der Waals surface area contributed by atoms with Gasteiger partial charge in [-0.15, -0.1) is 0 Å². The first-order valence-electron chi connectivity index (χ1n) is 13.0. The smallest absolute Gasteiger partial charge is 0.356 e. The molecule has 3 N–H and O–H groups in total. The van der Waals surface area contributed by atoms with Crippen LogP contribution in [0, 0.1) is 12.7 Å². The fourth-order valence-corrected chi connectivity index (χ4v) is 5.33. The zero-order valence-corrected chi connectivity index (χ0v) is 24.3. The monoisotopic (exact) mass is 613 g/mol. The van der Waals surface area contributed by atoms with Gasteiger partial charge >= 0.3 is 7.60 Å². The van der Waals surface area contributed by atoms with Gasteiger partial charge in [-0.3, -0.25) is 18.9 Å². The molecule has 1 aliphatic rings. The Morgan fingerprint density at radius 3 is 2.65 bits per heavy atom. The van der Waals surface area contributed by atoms with Gasteiger partial charge in [0.2, 0.25) is 5.95 Å². The molecule has 43 heavy (non-hydrogen) atoms. The predicted molar refractivity (Wildman–Crippen MR) is 154 cm³/mol. The summed E-state index contributed by atoms with van der Waals surface area (Å²) in [7, 11) is -2.55. The van der Waals surface area contributed by atoms with Crippen LogP contribution in [0.1, 0.15) is 16.7 Å². The van der Waals surface area contributed by atoms with E-state index in [1.807, 2.05) is 31.2 Å². The number of nitrogen functional groups attached to an aromatic ring is 1. The van der Waals surface area contributed by atoms with Crippen LogP contribution in [0.5, 0.6) is 5.75 Å². The lowest BCUT2D eigenvalue weighted by atomic mass is 10.1. The van der Waals surface area contributed by atoms with Crippen molar-refractivity contribution in [3.8, 4) is 5.75 Å². The number of benzene rings is 2. The van der Waals surface area contributed by atoms with E-state index in [9.17, 15) is 13.8 Å². The van der Waals surface area contributed by atoms with E-state index in [2.05, 4.69) is 21.5 Å². The number of ether oxygens (including phenoxy) is 4. The molecule has 5 rings (SSSR count). The maximum atomic E-state index is 14.4. The Hall–Kier alpha value is -4.49. The highest BCUT2D eigenvalue weighted by molar-refractivity contribution is 7.53. The van der Waals surface area contributed by atoms with Crippen LogP contribution in [0.4, 0.5) is 10.3 Å². The molecular formula is C28H29FN5O8P. The predicted octanol–water partition coefficient (Wildman–Crippen LogP) is 4.45. The highest BCUT2D eigenvalue weighted by Gasteiger charge is 2.31. The maximum Gasteiger partial charge on any atom is 0.356 e. The maximum absolute atomic E-state index is 14.4. The lowest BCUT2D eigenvalue weighted by Gasteiger charge is -2.19. The molecule has 3 heterocycles. The van der Waals surface area contributed by atoms with E-state index >= 15 is 0 Å². The zero-order valence-electron chi connectivity index (χ0n) is 23.4. The number of aromatic nitrogens is 4. The van der Waals surface area contributed by atoms with E-state index in [0.29, 0.717) is 5.56 Å². The van der Waals surface area contributed by atoms with Gasteiger partial charge in [-0.25, -0.2) is 9.37 Å². The van der Waals surface area contributed by atoms with Crippen molar-refractivity contribution in [3.05, 3.63) is 99.9 Å². The number of halogens is 1. The molecule has 2 aromatic heterocycles. The summed E-state index contributed by atoms with van der Waals surface area (Å²) in [5.41, 5.74) is 7.78. The summed E-state index contributed by atoms with van der Waals surface area (Å²) in [5, 5.41) is 0. The Morgan fingerprint density at radius 2 is 1.91 bits per heavy atom. The zero-order chi connectivity index (χ0) is 30.6. The van der Waals surface area contributed by atoms with E-state index in [1.165, 1.54) is 25.6 Å². The van der Waals surface area contributed by atoms with Crippen LogP contribution in [0.25, 0.3) is 16.9 Å². The van der Waals surface area contributed by atoms with Gasteiger partial charge in [-0.05, 0) is 37.3 Å². The van der Waals surface area contributed by atoms with Crippen LogP contribution in [0.15, 0.2) is 71.9 Å². The SMILES string of the molecule is C=C1OC(COP(=O)(COCCn2cnc3c(=O)[nH]c(N)nc32)OCc2ccc(C)cc2)=C(c2ccc(OC)c(F)c2)O1. The van der Waals surface area contributed by atoms with Crippen molar-refractivity contribution in [3.63, 3.8) is 0 Å². The molecule has 0 spiro atoms. The van der Waals surface area contributed by atoms with Gasteiger partial charge in [0.05, 0.1) is 26.7 Å². The Labute approximate surface area is 245 Å². The van der Waals surface area contributed by atoms with E-state index in [0.717, 1.165) is 11.1 Å². The molecule has 0 radical (unpaired) electrons. The first kappa shape index (κ1) is 30.0. The molecule has 1 atom stereocenters. The number of aromatic amines is 1. The summed E-state index contributed by atoms with van der Waals surface area (Å²) in [6, 6.07) is 11.7. The summed E-state index contributed by atoms with van der Waals surface area (Å²) >= 11 is 0. The molecule has 0 aliphatic carbocycles. The van der Waals surface area contributed by atoms with Gasteiger partial charge < -0.3 is 33.8 Å². The number of anilines is 1. The molecular weight excluding hydrogens is 584 g/mol. The average Bonchev–Trinajstić information content (AvgIpc) is 3.57. The fraction of sp³-hybridized carbons (Fsp3) is 0.250. The number of imidazole rings is 1. The minimum absolute atomic E-state index is 0.0152. The number of nitrogens with two attached hydrogens (primary N) is 1. The number of fused-ring (bicyclic) bond motifs is 1. The Morgan fingerprint density at radius 1 is 1.14 bits per heavy atom. The quantitative estimate of drug-likeness (QED) is 0.162. The number of hydrogen-bond donors (Lipinski definition) is 2. The molecule has 0 saturated carbocycles. The third-order valence-electron chi connectivity index (χ3n) is 6.28. The van der Waals surface area contributed by atoms with Crippen LogP contribution in [-0.2, 0) is 41.0 Å². The minimum atomic E-state index is -3.91. The highest BCUT2D eigenvalue weighted by Crippen LogP contribution is 2.50. The standard InChI is InChI=1S/C28H29FN5O8P/c1-17-4-6-19(7-5-17)13-39-43(36,16-38-11-10-34-15-31-24-26(34)32-28(30)33-27(24)35)40-14-23-25(42-18(2)41-23)20-8-9-22(37-3)21(29)12-20/h4-9,12,15H,2,10-11,13-14,16H2,1,3H3,(H3,30,32,33,35). The molecule has 2 aromatic carbocycles. The van der Waals surface area contributed by atoms with Gasteiger partial charge in [0.15, 0.2) is 34.2 Å². The van der Waals surface area contributed by atoms with Crippen molar-refractivity contribution < 1.29 is 37.0 Å². The first-order chi connectivity index (χ1) is 20.6. The lowest BCUT2D eigenvalue weighted by Crippen LogP contribution is -2.13. The molecule has 1 aliphatic heterocycles. The molecule has 1 unspecified atom stereocenters. The molecule has 0 saturated heterocycles. The van der Waals surface area contributed by atoms with Crippen molar-refractivity contribution in [2.45, 2.75) is 20.1 Å². The Kier molecular flexibility index (Phi) is 8.92. The lowest BCUT2D eigenvalue weighted by molar-refractivity contribution is 0.115. The van der Waals surface area contributed by atoms with Crippen molar-refractivity contribution in [1.82, 2.24) is 19.5 Å². The van der Waals surface area contributed by atoms with Crippen LogP contribution in [0.3, 0.4) is 0 Å². The van der Waals surface area contributed by atoms with Gasteiger partial charge in [0.1, 0.15) is 13.0 Å². The second kappa shape index (κ2) is 12.8. The van der Waals surface area contributed by atoms with Crippen LogP contribution >= 0.6 is 7.60 Å². The summed E-state index contributed by atoms with van der Waals surface area (Å²) in [6.45, 7) is 5.51. The molecule has 0 amide bonds. The third kappa shape index (κ3) is 7.12. The summed E-state index contributed by atoms with van der Waals surface area (Å²) < 4.78 is 63.1. The Bertz CT molecular complexity index is 1790. The van der Waals surface area contributed by atoms with Crippen LogP contribution in [-0.4, -0.2) is 46.2 Å². The second-order valence-corrected chi connectivity index (χ2v) is 11.4. The number of nitrogens with one attached hydrogen (secondary N) is 1. The van der Waals surface area contributed by atoms with Crippen LogP contribution in [0.2, 0.25) is 0 Å². The number of H-pyrrole nitrogens is 1. The normalized spacial score (nSPS) is 14.5. The number of hydrogen-bond acceptors (Lipinski definition) is 11. The molecule has 226 valence electrons. The second-order valence-electron chi connectivity index (χ2n) is 9.42. The number of aryl methyl sites for hydroxylation is 1. The van der Waals surface area contributed by atoms with Gasteiger partial charge in [0.25, 0.3) is 11.5 Å². The summed E-state index contributed by atoms with van der Waals surface area (Å²) in [5.74, 6) is -0.395. The third-order valence-corrected chi connectivity index (χ3v) is 7.82. The fourth-order valence-electron chi connectivity index (χ4n) is 4.10. The molecule has 15 heteroatoms. The van der Waals surface area contributed by atoms with Gasteiger partial charge in [-0.2, -0.15) is 4.98 Å². The molecule has 0 bridgehead atoms. The largest absolute Gasteiger partial charge is 0.494 e. The summed E-state index contributed by atoms with van der Waals surface area (Å²) in [4.78, 5) is 22.6. The van der Waals surface area contributed by atoms with Gasteiger partial charge in [-0.1, -0.05) is 29.8 Å². The summed E-state index contributed by atoms with van der Waals surface area (Å²) in [6.07, 6.45) is 1.02. The molecule has 0 fully saturated rings. The van der Waals surface area contributed by atoms with E-state index in [1.54, 1.807) is 10.6 Å². The van der Waals surface area contributed by atoms with Crippen molar-refractivity contribution >= 4 is 30.5 Å². The van der Waals surface area contributed by atoms with E-state index in [4.69, 9.17) is 33.7 Å². The van der Waals surface area contributed by atoms with Crippen LogP contribution < -0.4 is 16.0 Å². The minimum Gasteiger partial charge on any atom is -0.494 e. The number of methoxy groups -OCH3 is 1. The molecule has 4 aromatic rings.